The maximum Gasteiger partial charge on any atom is 0.416 e. The maximum absolute atomic E-state index is 15.2. The van der Waals surface area contributed by atoms with Crippen LogP contribution in [0.2, 0.25) is 0 Å². The highest BCUT2D eigenvalue weighted by Gasteiger charge is 2.42. The summed E-state index contributed by atoms with van der Waals surface area (Å²) in [5.41, 5.74) is -0.283. The molecule has 1 saturated carbocycles. The van der Waals surface area contributed by atoms with E-state index in [0.717, 1.165) is 43.9 Å². The smallest absolute Gasteiger partial charge is 0.308 e. The Morgan fingerprint density at radius 2 is 1.56 bits per heavy atom. The Bertz CT molecular complexity index is 1620. The summed E-state index contributed by atoms with van der Waals surface area (Å²) < 4.78 is 55.0. The first-order chi connectivity index (χ1) is 21.6. The number of rotatable bonds is 6. The van der Waals surface area contributed by atoms with Gasteiger partial charge in [0.1, 0.15) is 12.0 Å². The van der Waals surface area contributed by atoms with Gasteiger partial charge in [-0.3, -0.25) is 19.4 Å². The highest BCUT2D eigenvalue weighted by Crippen LogP contribution is 2.37. The van der Waals surface area contributed by atoms with Crippen LogP contribution in [0, 0.1) is 17.7 Å². The van der Waals surface area contributed by atoms with Gasteiger partial charge in [-0.15, -0.1) is 0 Å². The molecule has 3 amide bonds. The largest absolute Gasteiger partial charge is 0.416 e. The van der Waals surface area contributed by atoms with E-state index in [9.17, 15) is 27.6 Å². The van der Waals surface area contributed by atoms with E-state index < -0.39 is 41.8 Å². The van der Waals surface area contributed by atoms with Crippen LogP contribution in [0.3, 0.4) is 0 Å². The number of amides is 3. The molecule has 3 aliphatic heterocycles. The summed E-state index contributed by atoms with van der Waals surface area (Å²) in [6.07, 6.45) is -2.46. The monoisotopic (exact) mass is 621 g/mol. The third-order valence-electron chi connectivity index (χ3n) is 8.70. The fraction of sp³-hybridized carbons (Fsp3) is 0.333. The molecule has 3 aromatic rings. The number of aliphatic imine (C=N–C) groups is 1. The van der Waals surface area contributed by atoms with Gasteiger partial charge in [0.15, 0.2) is 6.29 Å². The van der Waals surface area contributed by atoms with Gasteiger partial charge >= 0.3 is 12.2 Å². The number of halogens is 4. The molecule has 8 nitrogen and oxygen atoms in total. The molecule has 2 saturated heterocycles. The molecule has 2 N–H and O–H groups in total. The lowest BCUT2D eigenvalue weighted by atomic mass is 9.84. The van der Waals surface area contributed by atoms with E-state index >= 15 is 4.39 Å². The number of alkyl halides is 3. The van der Waals surface area contributed by atoms with E-state index in [0.29, 0.717) is 42.5 Å². The Morgan fingerprint density at radius 3 is 2.20 bits per heavy atom. The Morgan fingerprint density at radius 1 is 0.911 bits per heavy atom. The van der Waals surface area contributed by atoms with Gasteiger partial charge in [-0.25, -0.2) is 14.2 Å². The molecule has 0 spiro atoms. The van der Waals surface area contributed by atoms with E-state index in [1.165, 1.54) is 29.2 Å². The molecule has 4 aliphatic rings. The number of nitrogens with one attached hydrogen (secondary N) is 2. The summed E-state index contributed by atoms with van der Waals surface area (Å²) in [5, 5.41) is 4.79. The quantitative estimate of drug-likeness (QED) is 0.268. The van der Waals surface area contributed by atoms with Crippen LogP contribution in [0.4, 0.5) is 33.7 Å². The van der Waals surface area contributed by atoms with E-state index in [4.69, 9.17) is 0 Å². The van der Waals surface area contributed by atoms with Crippen molar-refractivity contribution in [1.82, 2.24) is 10.2 Å². The predicted molar refractivity (Wildman–Crippen MR) is 160 cm³/mol. The number of hydrogen-bond acceptors (Lipinski definition) is 5. The van der Waals surface area contributed by atoms with Crippen LogP contribution in [0.25, 0.3) is 0 Å². The predicted octanol–water partition coefficient (Wildman–Crippen LogP) is 5.82. The summed E-state index contributed by atoms with van der Waals surface area (Å²) in [6, 6.07) is 15.6. The molecule has 45 heavy (non-hydrogen) atoms. The summed E-state index contributed by atoms with van der Waals surface area (Å²) >= 11 is 0. The lowest BCUT2D eigenvalue weighted by Crippen LogP contribution is -2.58. The van der Waals surface area contributed by atoms with Gasteiger partial charge in [0.05, 0.1) is 17.0 Å². The number of benzene rings is 3. The molecule has 3 aromatic carbocycles. The van der Waals surface area contributed by atoms with Crippen LogP contribution < -0.4 is 15.5 Å². The number of urea groups is 1. The fourth-order valence-corrected chi connectivity index (χ4v) is 6.55. The number of nitrogens with zero attached hydrogens (tertiary/aromatic N) is 3. The molecular weight excluding hydrogens is 590 g/mol. The first-order valence-electron chi connectivity index (χ1n) is 14.8. The van der Waals surface area contributed by atoms with Crippen molar-refractivity contribution < 1.29 is 31.9 Å². The first kappa shape index (κ1) is 30.4. The van der Waals surface area contributed by atoms with Crippen LogP contribution in [0.1, 0.15) is 42.4 Å². The van der Waals surface area contributed by atoms with Crippen molar-refractivity contribution >= 4 is 35.3 Å². The molecule has 7 rings (SSSR count). The zero-order valence-corrected chi connectivity index (χ0v) is 24.1. The highest BCUT2D eigenvalue weighted by molar-refractivity contribution is 6.21. The molecule has 234 valence electrons. The lowest BCUT2D eigenvalue weighted by Gasteiger charge is -2.37. The molecule has 1 unspecified atom stereocenters. The maximum atomic E-state index is 15.2. The SMILES string of the molecule is O=CC(N1CC2CCC(CC2)C1)N1C(=O)[C@H](NC(=O)Nc2cccc(C(F)(F)F)c2)N=C(c2ccccc2F)c2ccccc21. The van der Waals surface area contributed by atoms with Gasteiger partial charge in [-0.05, 0) is 73.9 Å². The van der Waals surface area contributed by atoms with Crippen molar-refractivity contribution in [3.05, 3.63) is 95.3 Å². The second kappa shape index (κ2) is 12.4. The molecule has 3 heterocycles. The fourth-order valence-electron chi connectivity index (χ4n) is 6.55. The number of para-hydroxylation sites is 1. The minimum atomic E-state index is -4.63. The molecular formula is C33H31F4N5O3. The van der Waals surface area contributed by atoms with Crippen molar-refractivity contribution in [2.45, 2.75) is 44.2 Å². The Balaban J connectivity index is 1.40. The Hall–Kier alpha value is -4.58. The van der Waals surface area contributed by atoms with Crippen molar-refractivity contribution in [2.24, 2.45) is 16.8 Å². The number of hydrogen-bond donors (Lipinski definition) is 2. The summed E-state index contributed by atoms with van der Waals surface area (Å²) in [5.74, 6) is -0.612. The standard InChI is InChI=1S/C33H31F4N5O3/c34-26-10-3-1-8-24(26)29-25-9-2-4-11-27(25)42(28(19-43)41-17-20-12-13-21(18-41)15-14-20)31(44)30(39-29)40-32(45)38-23-7-5-6-22(16-23)33(35,36)37/h1-11,16,19-21,28,30H,12-15,17-18H2,(H2,38,40,45)/t20?,21?,28?,30-/m0/s1. The van der Waals surface area contributed by atoms with Crippen LogP contribution in [-0.2, 0) is 15.8 Å². The normalized spacial score (nSPS) is 22.5. The number of carbonyl (C=O) groups excluding carboxylic acids is 3. The molecule has 0 radical (unpaired) electrons. The second-order valence-electron chi connectivity index (χ2n) is 11.7. The van der Waals surface area contributed by atoms with Gasteiger partial charge in [-0.1, -0.05) is 36.4 Å². The lowest BCUT2D eigenvalue weighted by molar-refractivity contribution is -0.137. The summed E-state index contributed by atoms with van der Waals surface area (Å²) in [4.78, 5) is 48.3. The van der Waals surface area contributed by atoms with Crippen molar-refractivity contribution in [3.8, 4) is 0 Å². The van der Waals surface area contributed by atoms with Crippen molar-refractivity contribution in [3.63, 3.8) is 0 Å². The van der Waals surface area contributed by atoms with Gasteiger partial charge in [0, 0.05) is 29.9 Å². The molecule has 12 heteroatoms. The average molecular weight is 622 g/mol. The van der Waals surface area contributed by atoms with Crippen molar-refractivity contribution in [1.29, 1.82) is 0 Å². The molecule has 2 bridgehead atoms. The zero-order valence-electron chi connectivity index (χ0n) is 24.1. The topological polar surface area (TPSA) is 94.1 Å². The van der Waals surface area contributed by atoms with Crippen LogP contribution in [0.15, 0.2) is 77.8 Å². The Labute approximate surface area is 257 Å². The van der Waals surface area contributed by atoms with E-state index in [1.807, 2.05) is 4.90 Å². The zero-order chi connectivity index (χ0) is 31.7. The third kappa shape index (κ3) is 6.32. The molecule has 1 aliphatic carbocycles. The van der Waals surface area contributed by atoms with Crippen LogP contribution in [0.5, 0.6) is 0 Å². The molecule has 3 fully saturated rings. The van der Waals surface area contributed by atoms with Gasteiger partial charge in [0.25, 0.3) is 5.91 Å². The van der Waals surface area contributed by atoms with Crippen LogP contribution in [-0.4, -0.2) is 54.3 Å². The summed E-state index contributed by atoms with van der Waals surface area (Å²) in [7, 11) is 0. The average Bonchev–Trinajstić information content (AvgIpc) is 3.40. The van der Waals surface area contributed by atoms with Gasteiger partial charge < -0.3 is 10.6 Å². The van der Waals surface area contributed by atoms with E-state index in [-0.39, 0.29) is 17.0 Å². The first-order valence-corrected chi connectivity index (χ1v) is 14.8. The number of anilines is 2. The van der Waals surface area contributed by atoms with Gasteiger partial charge in [0.2, 0.25) is 6.17 Å². The third-order valence-corrected chi connectivity index (χ3v) is 8.70. The number of aldehydes is 1. The van der Waals surface area contributed by atoms with Gasteiger partial charge in [-0.2, -0.15) is 13.2 Å². The Kier molecular flexibility index (Phi) is 8.41. The molecule has 2 atom stereocenters. The minimum Gasteiger partial charge on any atom is -0.308 e. The van der Waals surface area contributed by atoms with Crippen LogP contribution >= 0.6 is 0 Å². The van der Waals surface area contributed by atoms with E-state index in [2.05, 4.69) is 15.6 Å². The number of benzodiazepines with no additional fused rings is 1. The second-order valence-corrected chi connectivity index (χ2v) is 11.7. The highest BCUT2D eigenvalue weighted by atomic mass is 19.4. The van der Waals surface area contributed by atoms with E-state index in [1.54, 1.807) is 30.3 Å². The molecule has 0 aromatic heterocycles. The minimum absolute atomic E-state index is 0.0696. The number of carbonyl (C=O) groups is 3. The summed E-state index contributed by atoms with van der Waals surface area (Å²) in [6.45, 7) is 1.22. The van der Waals surface area contributed by atoms with Crippen molar-refractivity contribution in [2.75, 3.05) is 23.3 Å². The number of fused-ring (bicyclic) bond motifs is 5.